The van der Waals surface area contributed by atoms with E-state index in [0.717, 1.165) is 46.6 Å². The van der Waals surface area contributed by atoms with Gasteiger partial charge in [0, 0.05) is 39.6 Å². The molecule has 3 nitrogen and oxygen atoms in total. The van der Waals surface area contributed by atoms with Crippen LogP contribution in [0, 0.1) is 6.07 Å². The number of benzene rings is 2. The second-order valence-corrected chi connectivity index (χ2v) is 12.8. The van der Waals surface area contributed by atoms with Gasteiger partial charge < -0.3 is 5.11 Å². The number of hydrogen-bond donors (Lipinski definition) is 1. The van der Waals surface area contributed by atoms with Gasteiger partial charge in [0.15, 0.2) is 0 Å². The fourth-order valence-corrected chi connectivity index (χ4v) is 10.7. The molecule has 33 heavy (non-hydrogen) atoms. The number of hydrogen-bond acceptors (Lipinski definition) is 3. The average molecular weight is 494 g/mol. The third kappa shape index (κ3) is 3.94. The Morgan fingerprint density at radius 3 is 2.24 bits per heavy atom. The van der Waals surface area contributed by atoms with Crippen molar-refractivity contribution >= 4 is 18.4 Å². The summed E-state index contributed by atoms with van der Waals surface area (Å²) in [5.41, 5.74) is 5.69. The van der Waals surface area contributed by atoms with Crippen molar-refractivity contribution in [1.82, 2.24) is 9.97 Å². The van der Waals surface area contributed by atoms with Crippen LogP contribution in [0.25, 0.3) is 33.8 Å². The molecule has 1 aliphatic rings. The number of fused-ring (bicyclic) bond motifs is 3. The molecule has 3 heterocycles. The van der Waals surface area contributed by atoms with Gasteiger partial charge in [-0.1, -0.05) is 85.4 Å². The Labute approximate surface area is 206 Å². The van der Waals surface area contributed by atoms with Crippen molar-refractivity contribution in [2.75, 3.05) is 0 Å². The monoisotopic (exact) mass is 493 g/mol. The molecule has 0 radical (unpaired) electrons. The van der Waals surface area contributed by atoms with Gasteiger partial charge in [0.05, 0.1) is 13.8 Å². The summed E-state index contributed by atoms with van der Waals surface area (Å²) in [6, 6.07) is 28.4. The van der Waals surface area contributed by atoms with Gasteiger partial charge in [-0.2, -0.15) is 0 Å². The van der Waals surface area contributed by atoms with Crippen molar-refractivity contribution in [3.63, 3.8) is 0 Å². The summed E-state index contributed by atoms with van der Waals surface area (Å²) < 4.78 is 0. The average Bonchev–Trinajstić information content (AvgIpc) is 3.09. The molecule has 2 aromatic heterocycles. The molecule has 1 aliphatic heterocycles. The maximum absolute atomic E-state index is 10.4. The first-order valence-corrected chi connectivity index (χ1v) is 13.9. The molecule has 5 heteroatoms. The largest absolute Gasteiger partial charge is 0.507 e. The Hall–Kier alpha value is -2.75. The molecule has 0 amide bonds. The van der Waals surface area contributed by atoms with Crippen molar-refractivity contribution in [1.29, 1.82) is 0 Å². The second kappa shape index (κ2) is 9.62. The van der Waals surface area contributed by atoms with Gasteiger partial charge in [-0.05, 0) is 24.3 Å². The number of rotatable bonds is 6. The van der Waals surface area contributed by atoms with E-state index in [-0.39, 0.29) is 22.2 Å². The number of aromatic hydroxyl groups is 1. The van der Waals surface area contributed by atoms with Crippen LogP contribution in [0.15, 0.2) is 72.9 Å². The molecule has 0 spiro atoms. The van der Waals surface area contributed by atoms with E-state index in [0.29, 0.717) is 0 Å². The minimum absolute atomic E-state index is 0. The predicted octanol–water partition coefficient (Wildman–Crippen LogP) is 5.68. The van der Waals surface area contributed by atoms with E-state index in [1.165, 1.54) is 22.5 Å². The number of nitrogens with zero attached hydrogens (tertiary/aromatic N) is 2. The van der Waals surface area contributed by atoms with Crippen molar-refractivity contribution < 1.29 is 21.6 Å². The molecule has 0 atom stereocenters. The SMILES string of the molecule is CCC[Si]1(CCC)c2ccc(-c3ccccn3)[c-]c2-c2nc(-c3ccccc3O)ccc21.[Ni]. The Balaban J connectivity index is 0.00000259. The first kappa shape index (κ1) is 23.4. The summed E-state index contributed by atoms with van der Waals surface area (Å²) in [4.78, 5) is 9.69. The molecule has 4 aromatic rings. The number of pyridine rings is 2. The Bertz CT molecular complexity index is 1270. The number of phenols is 1. The summed E-state index contributed by atoms with van der Waals surface area (Å²) >= 11 is 0. The minimum Gasteiger partial charge on any atom is -0.507 e. The summed E-state index contributed by atoms with van der Waals surface area (Å²) in [7, 11) is -1.91. The van der Waals surface area contributed by atoms with Crippen LogP contribution in [0.1, 0.15) is 26.7 Å². The first-order valence-electron chi connectivity index (χ1n) is 11.5. The molecule has 0 aliphatic carbocycles. The fraction of sp³-hybridized carbons (Fsp3) is 0.214. The molecule has 170 valence electrons. The molecule has 0 saturated heterocycles. The van der Waals surface area contributed by atoms with Crippen LogP contribution in [-0.2, 0) is 16.5 Å². The topological polar surface area (TPSA) is 46.0 Å². The summed E-state index contributed by atoms with van der Waals surface area (Å²) in [6.07, 6.45) is 4.15. The van der Waals surface area contributed by atoms with Crippen LogP contribution in [0.5, 0.6) is 5.75 Å². The molecule has 5 rings (SSSR count). The minimum atomic E-state index is -1.91. The van der Waals surface area contributed by atoms with Crippen LogP contribution in [0.3, 0.4) is 0 Å². The summed E-state index contributed by atoms with van der Waals surface area (Å²) in [5.74, 6) is 0.259. The smallest absolute Gasteiger partial charge is 0.124 e. The molecule has 0 saturated carbocycles. The number of para-hydroxylation sites is 1. The van der Waals surface area contributed by atoms with E-state index in [4.69, 9.17) is 4.98 Å². The molecule has 2 aromatic carbocycles. The van der Waals surface area contributed by atoms with Crippen LogP contribution < -0.4 is 10.4 Å². The first-order chi connectivity index (χ1) is 15.7. The second-order valence-electron chi connectivity index (χ2n) is 8.57. The van der Waals surface area contributed by atoms with Gasteiger partial charge in [0.2, 0.25) is 0 Å². The molecule has 0 fully saturated rings. The van der Waals surface area contributed by atoms with Crippen LogP contribution >= 0.6 is 0 Å². The van der Waals surface area contributed by atoms with Crippen molar-refractivity contribution in [3.05, 3.63) is 79.0 Å². The molecular formula is C28H27N2NiOSi-. The van der Waals surface area contributed by atoms with Gasteiger partial charge >= 0.3 is 0 Å². The van der Waals surface area contributed by atoms with Gasteiger partial charge in [0.25, 0.3) is 0 Å². The van der Waals surface area contributed by atoms with Crippen LogP contribution in [-0.4, -0.2) is 23.1 Å². The zero-order chi connectivity index (χ0) is 22.1. The van der Waals surface area contributed by atoms with E-state index >= 15 is 0 Å². The van der Waals surface area contributed by atoms with E-state index in [2.05, 4.69) is 49.2 Å². The number of aromatic nitrogens is 2. The Morgan fingerprint density at radius 2 is 1.55 bits per heavy atom. The van der Waals surface area contributed by atoms with Crippen LogP contribution in [0.4, 0.5) is 0 Å². The van der Waals surface area contributed by atoms with E-state index in [1.807, 2.05) is 42.6 Å². The quantitative estimate of drug-likeness (QED) is 0.277. The molecule has 0 bridgehead atoms. The van der Waals surface area contributed by atoms with Crippen molar-refractivity contribution in [2.45, 2.75) is 38.8 Å². The standard InChI is InChI=1S/C28H27N2OSi.Ni/c1-3-17-32(18-4-2)26-14-12-20(23-10-7-8-16-29-23)19-22(26)28-27(32)15-13-24(30-28)21-9-5-6-11-25(21)31;/h5-16,31H,3-4,17-18H2,1-2H3;/q-1;. The Kier molecular flexibility index (Phi) is 6.83. The third-order valence-electron chi connectivity index (χ3n) is 6.58. The van der Waals surface area contributed by atoms with Gasteiger partial charge in [-0.15, -0.1) is 23.4 Å². The number of phenolic OH excluding ortho intramolecular Hbond substituents is 1. The predicted molar refractivity (Wildman–Crippen MR) is 134 cm³/mol. The molecular weight excluding hydrogens is 467 g/mol. The molecule has 0 unspecified atom stereocenters. The van der Waals surface area contributed by atoms with Crippen molar-refractivity contribution in [2.24, 2.45) is 0 Å². The zero-order valence-corrected chi connectivity index (χ0v) is 20.9. The zero-order valence-electron chi connectivity index (χ0n) is 18.9. The van der Waals surface area contributed by atoms with E-state index in [1.54, 1.807) is 6.07 Å². The van der Waals surface area contributed by atoms with Gasteiger partial charge in [0.1, 0.15) is 5.75 Å². The molecule has 1 N–H and O–H groups in total. The maximum atomic E-state index is 10.4. The van der Waals surface area contributed by atoms with E-state index in [9.17, 15) is 5.11 Å². The Morgan fingerprint density at radius 1 is 0.818 bits per heavy atom. The normalized spacial score (nSPS) is 13.2. The summed E-state index contributed by atoms with van der Waals surface area (Å²) in [6.45, 7) is 4.58. The third-order valence-corrected chi connectivity index (χ3v) is 12.2. The summed E-state index contributed by atoms with van der Waals surface area (Å²) in [5, 5.41) is 13.3. The van der Waals surface area contributed by atoms with Gasteiger partial charge in [-0.25, -0.2) is 0 Å². The van der Waals surface area contributed by atoms with Crippen LogP contribution in [0.2, 0.25) is 12.1 Å². The maximum Gasteiger partial charge on any atom is 0.124 e. The van der Waals surface area contributed by atoms with Crippen molar-refractivity contribution in [3.8, 4) is 39.5 Å². The van der Waals surface area contributed by atoms with Gasteiger partial charge in [-0.3, -0.25) is 9.97 Å². The fourth-order valence-electron chi connectivity index (χ4n) is 5.29. The van der Waals surface area contributed by atoms with E-state index < -0.39 is 8.07 Å².